The molecule has 1 rings (SSSR count). The van der Waals surface area contributed by atoms with Gasteiger partial charge in [0.05, 0.1) is 0 Å². The molecule has 0 unspecified atom stereocenters. The van der Waals surface area contributed by atoms with Crippen LogP contribution in [0.5, 0.6) is 0 Å². The molecule has 0 aromatic carbocycles. The molecular formula is C14H18N2O. The van der Waals surface area contributed by atoms with E-state index in [4.69, 9.17) is 0 Å². The highest BCUT2D eigenvalue weighted by molar-refractivity contribution is 5.73. The molecule has 3 heteroatoms. The second-order valence-electron chi connectivity index (χ2n) is 3.68. The van der Waals surface area contributed by atoms with Crippen molar-refractivity contribution in [2.45, 2.75) is 13.3 Å². The Bertz CT molecular complexity index is 382. The Morgan fingerprint density at radius 1 is 1.47 bits per heavy atom. The lowest BCUT2D eigenvalue weighted by Gasteiger charge is -2.21. The highest BCUT2D eigenvalue weighted by atomic mass is 16.1. The van der Waals surface area contributed by atoms with Gasteiger partial charge in [0.25, 0.3) is 0 Å². The minimum Gasteiger partial charge on any atom is -0.353 e. The summed E-state index contributed by atoms with van der Waals surface area (Å²) >= 11 is 0. The summed E-state index contributed by atoms with van der Waals surface area (Å²) in [6.45, 7) is 7.64. The van der Waals surface area contributed by atoms with Crippen LogP contribution in [0.25, 0.3) is 6.08 Å². The van der Waals surface area contributed by atoms with Crippen LogP contribution in [0.4, 0.5) is 5.82 Å². The van der Waals surface area contributed by atoms with E-state index in [0.29, 0.717) is 0 Å². The average Bonchev–Trinajstić information content (AvgIpc) is 2.37. The summed E-state index contributed by atoms with van der Waals surface area (Å²) in [7, 11) is 0. The monoisotopic (exact) mass is 230 g/mol. The van der Waals surface area contributed by atoms with Gasteiger partial charge in [-0.3, -0.25) is 4.79 Å². The second-order valence-corrected chi connectivity index (χ2v) is 3.68. The van der Waals surface area contributed by atoms with Crippen LogP contribution in [0.2, 0.25) is 0 Å². The molecule has 90 valence electrons. The number of nitrogens with zero attached hydrogens (tertiary/aromatic N) is 2. The van der Waals surface area contributed by atoms with E-state index in [-0.39, 0.29) is 0 Å². The van der Waals surface area contributed by atoms with E-state index in [1.54, 1.807) is 12.3 Å². The Hall–Kier alpha value is -1.90. The van der Waals surface area contributed by atoms with Crippen LogP contribution in [0.15, 0.2) is 37.1 Å². The first-order chi connectivity index (χ1) is 8.31. The van der Waals surface area contributed by atoms with Gasteiger partial charge in [0.1, 0.15) is 12.1 Å². The van der Waals surface area contributed by atoms with E-state index in [1.165, 1.54) is 6.08 Å². The summed E-state index contributed by atoms with van der Waals surface area (Å²) in [4.78, 5) is 16.7. The number of rotatable bonds is 7. The van der Waals surface area contributed by atoms with Crippen molar-refractivity contribution in [3.05, 3.63) is 42.6 Å². The fourth-order valence-corrected chi connectivity index (χ4v) is 1.56. The van der Waals surface area contributed by atoms with Gasteiger partial charge in [0, 0.05) is 19.3 Å². The van der Waals surface area contributed by atoms with Crippen LogP contribution in [0, 0.1) is 0 Å². The predicted octanol–water partition coefficient (Wildman–Crippen LogP) is 2.70. The van der Waals surface area contributed by atoms with Gasteiger partial charge in [-0.2, -0.15) is 0 Å². The normalized spacial score (nSPS) is 10.4. The number of pyridine rings is 1. The van der Waals surface area contributed by atoms with Crippen molar-refractivity contribution < 1.29 is 4.79 Å². The first-order valence-corrected chi connectivity index (χ1v) is 5.75. The summed E-state index contributed by atoms with van der Waals surface area (Å²) < 4.78 is 0. The number of hydrogen-bond donors (Lipinski definition) is 0. The summed E-state index contributed by atoms with van der Waals surface area (Å²) in [6.07, 6.45) is 8.67. The topological polar surface area (TPSA) is 33.2 Å². The molecule has 0 aliphatic carbocycles. The molecule has 0 aliphatic heterocycles. The lowest BCUT2D eigenvalue weighted by atomic mass is 10.2. The number of aldehydes is 1. The summed E-state index contributed by atoms with van der Waals surface area (Å²) in [6, 6.07) is 3.91. The Balaban J connectivity index is 2.79. The smallest absolute Gasteiger partial charge is 0.142 e. The largest absolute Gasteiger partial charge is 0.353 e. The van der Waals surface area contributed by atoms with Crippen molar-refractivity contribution in [3.8, 4) is 0 Å². The molecule has 0 saturated carbocycles. The van der Waals surface area contributed by atoms with E-state index in [2.05, 4.69) is 23.4 Å². The van der Waals surface area contributed by atoms with Gasteiger partial charge >= 0.3 is 0 Å². The summed E-state index contributed by atoms with van der Waals surface area (Å²) in [5.41, 5.74) is 0.927. The third-order valence-corrected chi connectivity index (χ3v) is 2.30. The van der Waals surface area contributed by atoms with Crippen LogP contribution in [0.1, 0.15) is 18.9 Å². The zero-order chi connectivity index (χ0) is 12.5. The minimum atomic E-state index is 0.759. The SMILES string of the molecule is C=CCN(CCC)c1ccc(/C=C/C=O)cn1. The van der Waals surface area contributed by atoms with Crippen molar-refractivity contribution in [1.82, 2.24) is 4.98 Å². The Morgan fingerprint density at radius 3 is 2.82 bits per heavy atom. The number of allylic oxidation sites excluding steroid dienone is 1. The molecule has 0 spiro atoms. The molecule has 1 aromatic rings. The zero-order valence-electron chi connectivity index (χ0n) is 10.2. The molecule has 3 nitrogen and oxygen atoms in total. The number of carbonyl (C=O) groups excluding carboxylic acids is 1. The maximum atomic E-state index is 10.2. The molecule has 0 amide bonds. The molecule has 0 radical (unpaired) electrons. The molecule has 0 saturated heterocycles. The maximum absolute atomic E-state index is 10.2. The molecule has 1 heterocycles. The highest BCUT2D eigenvalue weighted by Crippen LogP contribution is 2.12. The lowest BCUT2D eigenvalue weighted by Crippen LogP contribution is -2.24. The molecule has 0 fully saturated rings. The van der Waals surface area contributed by atoms with E-state index >= 15 is 0 Å². The molecule has 17 heavy (non-hydrogen) atoms. The summed E-state index contributed by atoms with van der Waals surface area (Å²) in [5, 5.41) is 0. The van der Waals surface area contributed by atoms with Crippen molar-refractivity contribution in [2.75, 3.05) is 18.0 Å². The first kappa shape index (κ1) is 13.2. The lowest BCUT2D eigenvalue weighted by molar-refractivity contribution is -0.104. The molecule has 0 aliphatic rings. The molecular weight excluding hydrogens is 212 g/mol. The van der Waals surface area contributed by atoms with E-state index < -0.39 is 0 Å². The van der Waals surface area contributed by atoms with E-state index in [1.807, 2.05) is 18.2 Å². The number of carbonyl (C=O) groups is 1. The minimum absolute atomic E-state index is 0.759. The fourth-order valence-electron chi connectivity index (χ4n) is 1.56. The first-order valence-electron chi connectivity index (χ1n) is 5.75. The van der Waals surface area contributed by atoms with Crippen LogP contribution in [0.3, 0.4) is 0 Å². The Morgan fingerprint density at radius 2 is 2.29 bits per heavy atom. The van der Waals surface area contributed by atoms with Crippen molar-refractivity contribution in [3.63, 3.8) is 0 Å². The molecule has 1 aromatic heterocycles. The van der Waals surface area contributed by atoms with Gasteiger partial charge in [0.2, 0.25) is 0 Å². The summed E-state index contributed by atoms with van der Waals surface area (Å²) in [5.74, 6) is 0.940. The Labute approximate surface area is 102 Å². The number of hydrogen-bond acceptors (Lipinski definition) is 3. The maximum Gasteiger partial charge on any atom is 0.142 e. The average molecular weight is 230 g/mol. The number of aromatic nitrogens is 1. The quantitative estimate of drug-likeness (QED) is 0.410. The Kier molecular flexibility index (Phi) is 5.72. The standard InChI is InChI=1S/C14H18N2O/c1-3-9-16(10-4-2)14-8-7-13(12-15-14)6-5-11-17/h3,5-8,11-12H,1,4,9-10H2,2H3/b6-5+. The van der Waals surface area contributed by atoms with Crippen molar-refractivity contribution in [2.24, 2.45) is 0 Å². The van der Waals surface area contributed by atoms with Gasteiger partial charge in [-0.05, 0) is 30.2 Å². The van der Waals surface area contributed by atoms with Gasteiger partial charge in [0.15, 0.2) is 0 Å². The third-order valence-electron chi connectivity index (χ3n) is 2.30. The van der Waals surface area contributed by atoms with Gasteiger partial charge in [-0.25, -0.2) is 4.98 Å². The van der Waals surface area contributed by atoms with E-state index in [9.17, 15) is 4.79 Å². The predicted molar refractivity (Wildman–Crippen MR) is 72.0 cm³/mol. The number of anilines is 1. The van der Waals surface area contributed by atoms with E-state index in [0.717, 1.165) is 37.2 Å². The molecule has 0 bridgehead atoms. The highest BCUT2D eigenvalue weighted by Gasteiger charge is 2.03. The van der Waals surface area contributed by atoms with Gasteiger partial charge in [-0.1, -0.05) is 19.1 Å². The van der Waals surface area contributed by atoms with Crippen LogP contribution in [-0.2, 0) is 4.79 Å². The van der Waals surface area contributed by atoms with Crippen molar-refractivity contribution >= 4 is 18.2 Å². The van der Waals surface area contributed by atoms with Crippen molar-refractivity contribution in [1.29, 1.82) is 0 Å². The second kappa shape index (κ2) is 7.39. The molecule has 0 N–H and O–H groups in total. The van der Waals surface area contributed by atoms with Gasteiger partial charge in [-0.15, -0.1) is 6.58 Å². The van der Waals surface area contributed by atoms with Gasteiger partial charge < -0.3 is 4.90 Å². The van der Waals surface area contributed by atoms with Crippen LogP contribution >= 0.6 is 0 Å². The fraction of sp³-hybridized carbons (Fsp3) is 0.286. The van der Waals surface area contributed by atoms with Crippen LogP contribution < -0.4 is 4.90 Å². The zero-order valence-corrected chi connectivity index (χ0v) is 10.2. The molecule has 0 atom stereocenters. The van der Waals surface area contributed by atoms with Crippen LogP contribution in [-0.4, -0.2) is 24.4 Å². The third kappa shape index (κ3) is 4.23.